The molecule has 0 saturated heterocycles. The van der Waals surface area contributed by atoms with Crippen LogP contribution in [0.2, 0.25) is 10.0 Å². The first-order valence-electron chi connectivity index (χ1n) is 6.60. The van der Waals surface area contributed by atoms with Gasteiger partial charge in [0, 0.05) is 26.7 Å². The zero-order valence-corrected chi connectivity index (χ0v) is 13.3. The summed E-state index contributed by atoms with van der Waals surface area (Å²) >= 11 is 12.4. The Labute approximate surface area is 142 Å². The number of carboxylic acids is 2. The molecule has 4 nitrogen and oxygen atoms in total. The monoisotopic (exact) mass is 350 g/mol. The summed E-state index contributed by atoms with van der Waals surface area (Å²) in [6, 6.07) is 13.3. The van der Waals surface area contributed by atoms with E-state index < -0.39 is 18.4 Å². The molecule has 0 spiro atoms. The molecule has 2 aromatic carbocycles. The Balaban J connectivity index is 2.85. The van der Waals surface area contributed by atoms with E-state index in [2.05, 4.69) is 0 Å². The molecule has 0 fully saturated rings. The van der Waals surface area contributed by atoms with Gasteiger partial charge in [-0.25, -0.2) is 4.79 Å². The maximum absolute atomic E-state index is 11.6. The largest absolute Gasteiger partial charge is 0.481 e. The fraction of sp³-hybridized carbons (Fsp3) is 0.0588. The molecule has 0 aliphatic carbocycles. The van der Waals surface area contributed by atoms with E-state index in [1.165, 1.54) is 0 Å². The number of carboxylic acid groups (broad SMARTS) is 2. The summed E-state index contributed by atoms with van der Waals surface area (Å²) in [5.74, 6) is -2.58. The molecule has 6 heteroatoms. The van der Waals surface area contributed by atoms with Gasteiger partial charge in [0.05, 0.1) is 12.0 Å². The molecule has 0 amide bonds. The Morgan fingerprint density at radius 3 is 1.61 bits per heavy atom. The SMILES string of the molecule is O=C(O)CC(C(=O)O)=C(c1ccccc1Cl)c1ccccc1Cl. The molecule has 0 atom stereocenters. The van der Waals surface area contributed by atoms with Crippen LogP contribution >= 0.6 is 23.2 Å². The molecule has 0 bridgehead atoms. The number of benzene rings is 2. The van der Waals surface area contributed by atoms with Gasteiger partial charge in [0.15, 0.2) is 0 Å². The second-order valence-electron chi connectivity index (χ2n) is 4.69. The third-order valence-electron chi connectivity index (χ3n) is 3.17. The minimum absolute atomic E-state index is 0.205. The minimum atomic E-state index is -1.33. The van der Waals surface area contributed by atoms with E-state index in [9.17, 15) is 14.7 Å². The number of hydrogen-bond donors (Lipinski definition) is 2. The Hall–Kier alpha value is -2.30. The fourth-order valence-electron chi connectivity index (χ4n) is 2.22. The molecule has 0 unspecified atom stereocenters. The standard InChI is InChI=1S/C17H12Cl2O4/c18-13-7-3-1-5-10(13)16(11-6-2-4-8-14(11)19)12(17(22)23)9-15(20)21/h1-8H,9H2,(H,20,21)(H,22,23). The molecular formula is C17H12Cl2O4. The molecule has 2 N–H and O–H groups in total. The zero-order valence-electron chi connectivity index (χ0n) is 11.8. The summed E-state index contributed by atoms with van der Waals surface area (Å²) in [6.07, 6.45) is -0.652. The summed E-state index contributed by atoms with van der Waals surface area (Å²) in [4.78, 5) is 22.7. The van der Waals surface area contributed by atoms with Crippen molar-refractivity contribution in [2.45, 2.75) is 6.42 Å². The van der Waals surface area contributed by atoms with E-state index in [0.717, 1.165) is 0 Å². The van der Waals surface area contributed by atoms with Crippen LogP contribution in [-0.2, 0) is 9.59 Å². The summed E-state index contributed by atoms with van der Waals surface area (Å²) in [6.45, 7) is 0. The first-order chi connectivity index (χ1) is 10.9. The third-order valence-corrected chi connectivity index (χ3v) is 3.83. The summed E-state index contributed by atoms with van der Waals surface area (Å²) in [7, 11) is 0. The Kier molecular flexibility index (Phi) is 5.42. The van der Waals surface area contributed by atoms with Crippen LogP contribution in [0.15, 0.2) is 54.1 Å². The average Bonchev–Trinajstić information content (AvgIpc) is 2.49. The van der Waals surface area contributed by atoms with Crippen LogP contribution in [-0.4, -0.2) is 22.2 Å². The maximum atomic E-state index is 11.6. The van der Waals surface area contributed by atoms with Gasteiger partial charge < -0.3 is 10.2 Å². The van der Waals surface area contributed by atoms with Crippen LogP contribution in [0.4, 0.5) is 0 Å². The third kappa shape index (κ3) is 3.92. The van der Waals surface area contributed by atoms with Crippen LogP contribution < -0.4 is 0 Å². The van der Waals surface area contributed by atoms with Crippen LogP contribution in [0.5, 0.6) is 0 Å². The van der Waals surface area contributed by atoms with Gasteiger partial charge in [-0.05, 0) is 12.1 Å². The van der Waals surface area contributed by atoms with Gasteiger partial charge in [0.25, 0.3) is 0 Å². The molecule has 2 aromatic rings. The maximum Gasteiger partial charge on any atom is 0.332 e. The molecule has 0 aromatic heterocycles. The fourth-order valence-corrected chi connectivity index (χ4v) is 2.68. The number of aliphatic carboxylic acids is 2. The molecule has 0 aliphatic rings. The van der Waals surface area contributed by atoms with Gasteiger partial charge in [-0.2, -0.15) is 0 Å². The molecule has 0 heterocycles. The number of hydrogen-bond acceptors (Lipinski definition) is 2. The van der Waals surface area contributed by atoms with Crippen molar-refractivity contribution in [3.05, 3.63) is 75.3 Å². The van der Waals surface area contributed by atoms with E-state index >= 15 is 0 Å². The van der Waals surface area contributed by atoms with E-state index in [4.69, 9.17) is 28.3 Å². The number of carbonyl (C=O) groups is 2. The lowest BCUT2D eigenvalue weighted by atomic mass is 9.91. The van der Waals surface area contributed by atoms with Gasteiger partial charge in [-0.3, -0.25) is 4.79 Å². The quantitative estimate of drug-likeness (QED) is 0.785. The highest BCUT2D eigenvalue weighted by Gasteiger charge is 2.23. The summed E-state index contributed by atoms with van der Waals surface area (Å²) < 4.78 is 0. The second-order valence-corrected chi connectivity index (χ2v) is 5.50. The van der Waals surface area contributed by atoms with Gasteiger partial charge in [0.1, 0.15) is 0 Å². The highest BCUT2D eigenvalue weighted by atomic mass is 35.5. The highest BCUT2D eigenvalue weighted by Crippen LogP contribution is 2.36. The van der Waals surface area contributed by atoms with Gasteiger partial charge in [-0.1, -0.05) is 59.6 Å². The molecule has 0 radical (unpaired) electrons. The predicted molar refractivity (Wildman–Crippen MR) is 88.8 cm³/mol. The van der Waals surface area contributed by atoms with Gasteiger partial charge in [-0.15, -0.1) is 0 Å². The lowest BCUT2D eigenvalue weighted by Crippen LogP contribution is -2.11. The topological polar surface area (TPSA) is 74.6 Å². The van der Waals surface area contributed by atoms with Crippen LogP contribution in [0.1, 0.15) is 17.5 Å². The van der Waals surface area contributed by atoms with Crippen molar-refractivity contribution in [2.75, 3.05) is 0 Å². The minimum Gasteiger partial charge on any atom is -0.481 e. The molecular weight excluding hydrogens is 339 g/mol. The van der Waals surface area contributed by atoms with Crippen molar-refractivity contribution in [1.29, 1.82) is 0 Å². The van der Waals surface area contributed by atoms with Crippen molar-refractivity contribution in [1.82, 2.24) is 0 Å². The molecule has 2 rings (SSSR count). The Bertz CT molecular complexity index is 749. The summed E-state index contributed by atoms with van der Waals surface area (Å²) in [5, 5.41) is 19.2. The predicted octanol–water partition coefficient (Wildman–Crippen LogP) is 4.35. The average molecular weight is 351 g/mol. The highest BCUT2D eigenvalue weighted by molar-refractivity contribution is 6.35. The smallest absolute Gasteiger partial charge is 0.332 e. The van der Waals surface area contributed by atoms with E-state index in [0.29, 0.717) is 21.2 Å². The van der Waals surface area contributed by atoms with Crippen molar-refractivity contribution >= 4 is 40.7 Å². The van der Waals surface area contributed by atoms with Crippen LogP contribution in [0.25, 0.3) is 5.57 Å². The number of halogens is 2. The Morgan fingerprint density at radius 1 is 0.826 bits per heavy atom. The van der Waals surface area contributed by atoms with E-state index in [1.54, 1.807) is 48.5 Å². The van der Waals surface area contributed by atoms with Crippen LogP contribution in [0, 0.1) is 0 Å². The normalized spacial score (nSPS) is 10.2. The second kappa shape index (κ2) is 7.31. The first-order valence-corrected chi connectivity index (χ1v) is 7.35. The van der Waals surface area contributed by atoms with Crippen molar-refractivity contribution < 1.29 is 19.8 Å². The van der Waals surface area contributed by atoms with Gasteiger partial charge in [0.2, 0.25) is 0 Å². The van der Waals surface area contributed by atoms with Crippen molar-refractivity contribution in [2.24, 2.45) is 0 Å². The van der Waals surface area contributed by atoms with E-state index in [-0.39, 0.29) is 11.1 Å². The first kappa shape index (κ1) is 17.1. The molecule has 23 heavy (non-hydrogen) atoms. The van der Waals surface area contributed by atoms with E-state index in [1.807, 2.05) is 0 Å². The lowest BCUT2D eigenvalue weighted by Gasteiger charge is -2.15. The zero-order chi connectivity index (χ0) is 17.0. The number of rotatable bonds is 5. The van der Waals surface area contributed by atoms with Crippen molar-refractivity contribution in [3.63, 3.8) is 0 Å². The van der Waals surface area contributed by atoms with Crippen molar-refractivity contribution in [3.8, 4) is 0 Å². The summed E-state index contributed by atoms with van der Waals surface area (Å²) in [5.41, 5.74) is 0.761. The lowest BCUT2D eigenvalue weighted by molar-refractivity contribution is -0.139. The Morgan fingerprint density at radius 2 is 1.26 bits per heavy atom. The molecule has 118 valence electrons. The molecule has 0 saturated carbocycles. The van der Waals surface area contributed by atoms with Crippen LogP contribution in [0.3, 0.4) is 0 Å². The molecule has 0 aliphatic heterocycles. The van der Waals surface area contributed by atoms with Gasteiger partial charge >= 0.3 is 11.9 Å².